The first-order chi connectivity index (χ1) is 12.8. The monoisotopic (exact) mass is 388 g/mol. The molecule has 2 rings (SSSR count). The Morgan fingerprint density at radius 2 is 1.74 bits per heavy atom. The van der Waals surface area contributed by atoms with Gasteiger partial charge in [-0.2, -0.15) is 0 Å². The molecule has 27 heavy (non-hydrogen) atoms. The fraction of sp³-hybridized carbons (Fsp3) is 0.250. The minimum Gasteiger partial charge on any atom is -0.497 e. The van der Waals surface area contributed by atoms with Gasteiger partial charge in [-0.05, 0) is 61.4 Å². The molecule has 7 heteroatoms. The van der Waals surface area contributed by atoms with Gasteiger partial charge >= 0.3 is 0 Å². The summed E-state index contributed by atoms with van der Waals surface area (Å²) >= 11 is 0. The smallest absolute Gasteiger partial charge is 0.248 e. The Hall–Kier alpha value is -2.64. The quantitative estimate of drug-likeness (QED) is 0.679. The molecule has 6 nitrogen and oxygen atoms in total. The number of methoxy groups -OCH3 is 1. The van der Waals surface area contributed by atoms with Crippen molar-refractivity contribution in [3.8, 4) is 5.75 Å². The first-order valence-electron chi connectivity index (χ1n) is 8.59. The van der Waals surface area contributed by atoms with E-state index < -0.39 is 10.0 Å². The van der Waals surface area contributed by atoms with Gasteiger partial charge in [-0.1, -0.05) is 19.1 Å². The normalized spacial score (nSPS) is 12.7. The van der Waals surface area contributed by atoms with E-state index >= 15 is 0 Å². The number of ether oxygens (including phenoxy) is 1. The average molecular weight is 388 g/mol. The van der Waals surface area contributed by atoms with Crippen LogP contribution in [0.2, 0.25) is 0 Å². The van der Waals surface area contributed by atoms with E-state index in [1.807, 2.05) is 31.2 Å². The molecule has 1 unspecified atom stereocenters. The van der Waals surface area contributed by atoms with E-state index in [0.29, 0.717) is 12.1 Å². The Bertz CT molecular complexity index is 889. The largest absolute Gasteiger partial charge is 0.497 e. The number of anilines is 1. The van der Waals surface area contributed by atoms with Crippen molar-refractivity contribution in [3.05, 3.63) is 60.2 Å². The van der Waals surface area contributed by atoms with Crippen LogP contribution in [0, 0.1) is 0 Å². The standard InChI is InChI=1S/C20H24N2O4S/c1-4-15(2)22-27(24,25)19-12-8-17(9-13-19)21-20(23)14-7-16-5-10-18(26-3)11-6-16/h5-15,22H,4H2,1-3H3,(H,21,23). The Balaban J connectivity index is 1.98. The number of hydrogen-bond acceptors (Lipinski definition) is 4. The van der Waals surface area contributed by atoms with Crippen LogP contribution in [0.4, 0.5) is 5.69 Å². The van der Waals surface area contributed by atoms with Gasteiger partial charge < -0.3 is 10.1 Å². The molecule has 0 heterocycles. The number of sulfonamides is 1. The molecule has 0 aliphatic heterocycles. The van der Waals surface area contributed by atoms with Crippen molar-refractivity contribution >= 4 is 27.7 Å². The van der Waals surface area contributed by atoms with Crippen molar-refractivity contribution in [1.29, 1.82) is 0 Å². The van der Waals surface area contributed by atoms with Crippen molar-refractivity contribution in [3.63, 3.8) is 0 Å². The summed E-state index contributed by atoms with van der Waals surface area (Å²) in [6.07, 6.45) is 3.80. The fourth-order valence-corrected chi connectivity index (χ4v) is 3.53. The second kappa shape index (κ2) is 9.34. The zero-order chi connectivity index (χ0) is 19.9. The van der Waals surface area contributed by atoms with Crippen molar-refractivity contribution in [2.75, 3.05) is 12.4 Å². The van der Waals surface area contributed by atoms with Crippen LogP contribution in [0.3, 0.4) is 0 Å². The van der Waals surface area contributed by atoms with E-state index in [1.165, 1.54) is 18.2 Å². The zero-order valence-corrected chi connectivity index (χ0v) is 16.4. The molecule has 144 valence electrons. The Morgan fingerprint density at radius 3 is 2.30 bits per heavy atom. The highest BCUT2D eigenvalue weighted by Gasteiger charge is 2.16. The summed E-state index contributed by atoms with van der Waals surface area (Å²) in [6.45, 7) is 3.71. The number of nitrogens with one attached hydrogen (secondary N) is 2. The Morgan fingerprint density at radius 1 is 1.11 bits per heavy atom. The molecule has 2 aromatic carbocycles. The minimum atomic E-state index is -3.56. The minimum absolute atomic E-state index is 0.141. The van der Waals surface area contributed by atoms with Gasteiger partial charge in [-0.25, -0.2) is 13.1 Å². The molecule has 2 N–H and O–H groups in total. The molecule has 0 aliphatic carbocycles. The van der Waals surface area contributed by atoms with Crippen LogP contribution >= 0.6 is 0 Å². The zero-order valence-electron chi connectivity index (χ0n) is 15.6. The second-order valence-electron chi connectivity index (χ2n) is 6.05. The molecule has 0 bridgehead atoms. The third kappa shape index (κ3) is 6.23. The maximum atomic E-state index is 12.2. The van der Waals surface area contributed by atoms with Gasteiger partial charge in [0, 0.05) is 17.8 Å². The SMILES string of the molecule is CCC(C)NS(=O)(=O)c1ccc(NC(=O)C=Cc2ccc(OC)cc2)cc1. The summed E-state index contributed by atoms with van der Waals surface area (Å²) in [6, 6.07) is 13.2. The van der Waals surface area contributed by atoms with Crippen LogP contribution < -0.4 is 14.8 Å². The van der Waals surface area contributed by atoms with Gasteiger partial charge in [-0.3, -0.25) is 4.79 Å². The maximum Gasteiger partial charge on any atom is 0.248 e. The van der Waals surface area contributed by atoms with Crippen molar-refractivity contribution in [1.82, 2.24) is 4.72 Å². The molecule has 0 saturated heterocycles. The summed E-state index contributed by atoms with van der Waals surface area (Å²) in [7, 11) is -1.96. The molecule has 0 saturated carbocycles. The molecule has 0 spiro atoms. The topological polar surface area (TPSA) is 84.5 Å². The summed E-state index contributed by atoms with van der Waals surface area (Å²) < 4.78 is 32.1. The van der Waals surface area contributed by atoms with E-state index in [-0.39, 0.29) is 16.8 Å². The second-order valence-corrected chi connectivity index (χ2v) is 7.76. The summed E-state index contributed by atoms with van der Waals surface area (Å²) in [5, 5.41) is 2.70. The predicted octanol–water partition coefficient (Wildman–Crippen LogP) is 3.42. The third-order valence-corrected chi connectivity index (χ3v) is 5.55. The highest BCUT2D eigenvalue weighted by atomic mass is 32.2. The van der Waals surface area contributed by atoms with E-state index in [1.54, 1.807) is 32.2 Å². The number of benzene rings is 2. The summed E-state index contributed by atoms with van der Waals surface area (Å²) in [5.41, 5.74) is 1.38. The lowest BCUT2D eigenvalue weighted by molar-refractivity contribution is -0.111. The van der Waals surface area contributed by atoms with Crippen LogP contribution in [-0.4, -0.2) is 27.5 Å². The van der Waals surface area contributed by atoms with Gasteiger partial charge in [0.2, 0.25) is 15.9 Å². The van der Waals surface area contributed by atoms with E-state index in [9.17, 15) is 13.2 Å². The highest BCUT2D eigenvalue weighted by Crippen LogP contribution is 2.15. The summed E-state index contributed by atoms with van der Waals surface area (Å²) in [5.74, 6) is 0.439. The molecule has 0 fully saturated rings. The molecule has 0 aromatic heterocycles. The number of amides is 1. The van der Waals surface area contributed by atoms with Gasteiger partial charge in [0.25, 0.3) is 0 Å². The lowest BCUT2D eigenvalue weighted by Crippen LogP contribution is -2.31. The molecular formula is C20H24N2O4S. The van der Waals surface area contributed by atoms with Crippen LogP contribution in [-0.2, 0) is 14.8 Å². The van der Waals surface area contributed by atoms with E-state index in [0.717, 1.165) is 11.3 Å². The van der Waals surface area contributed by atoms with Gasteiger partial charge in [-0.15, -0.1) is 0 Å². The number of carbonyl (C=O) groups excluding carboxylic acids is 1. The number of carbonyl (C=O) groups is 1. The van der Waals surface area contributed by atoms with Crippen LogP contribution in [0.15, 0.2) is 59.5 Å². The molecular weight excluding hydrogens is 364 g/mol. The lowest BCUT2D eigenvalue weighted by atomic mass is 10.2. The molecule has 1 atom stereocenters. The molecule has 1 amide bonds. The molecule has 0 aliphatic rings. The average Bonchev–Trinajstić information content (AvgIpc) is 2.66. The van der Waals surface area contributed by atoms with Crippen LogP contribution in [0.1, 0.15) is 25.8 Å². The van der Waals surface area contributed by atoms with Crippen molar-refractivity contribution in [2.24, 2.45) is 0 Å². The van der Waals surface area contributed by atoms with Crippen LogP contribution in [0.25, 0.3) is 6.08 Å². The van der Waals surface area contributed by atoms with E-state index in [2.05, 4.69) is 10.0 Å². The van der Waals surface area contributed by atoms with Crippen molar-refractivity contribution < 1.29 is 17.9 Å². The molecule has 2 aromatic rings. The number of rotatable bonds is 8. The highest BCUT2D eigenvalue weighted by molar-refractivity contribution is 7.89. The maximum absolute atomic E-state index is 12.2. The third-order valence-electron chi connectivity index (χ3n) is 3.94. The Kier molecular flexibility index (Phi) is 7.15. The molecule has 0 radical (unpaired) electrons. The number of hydrogen-bond donors (Lipinski definition) is 2. The summed E-state index contributed by atoms with van der Waals surface area (Å²) in [4.78, 5) is 12.2. The van der Waals surface area contributed by atoms with E-state index in [4.69, 9.17) is 4.74 Å². The van der Waals surface area contributed by atoms with Crippen LogP contribution in [0.5, 0.6) is 5.75 Å². The van der Waals surface area contributed by atoms with Gasteiger partial charge in [0.05, 0.1) is 12.0 Å². The lowest BCUT2D eigenvalue weighted by Gasteiger charge is -2.12. The predicted molar refractivity (Wildman–Crippen MR) is 107 cm³/mol. The van der Waals surface area contributed by atoms with Gasteiger partial charge in [0.1, 0.15) is 5.75 Å². The Labute approximate surface area is 160 Å². The first-order valence-corrected chi connectivity index (χ1v) is 10.1. The first kappa shape index (κ1) is 20.7. The van der Waals surface area contributed by atoms with Crippen molar-refractivity contribution in [2.45, 2.75) is 31.2 Å². The van der Waals surface area contributed by atoms with Gasteiger partial charge in [0.15, 0.2) is 0 Å². The fourth-order valence-electron chi connectivity index (χ4n) is 2.20.